The number of esters is 1. The summed E-state index contributed by atoms with van der Waals surface area (Å²) < 4.78 is 45.5. The van der Waals surface area contributed by atoms with Gasteiger partial charge in [0.25, 0.3) is 5.91 Å². The number of carbonyl (C=O) groups is 2. The number of phenolic OH excluding ortho intramolecular Hbond substituents is 1. The minimum absolute atomic E-state index is 0.0333. The van der Waals surface area contributed by atoms with Crippen LogP contribution in [-0.2, 0) is 25.2 Å². The lowest BCUT2D eigenvalue weighted by atomic mass is 9.99. The summed E-state index contributed by atoms with van der Waals surface area (Å²) in [5, 5.41) is 26.4. The first kappa shape index (κ1) is 35.8. The van der Waals surface area contributed by atoms with Crippen molar-refractivity contribution < 1.29 is 42.5 Å². The number of halogens is 1. The van der Waals surface area contributed by atoms with Gasteiger partial charge in [0, 0.05) is 48.8 Å². The second kappa shape index (κ2) is 15.5. The molecule has 14 heteroatoms. The number of hydrogen-bond acceptors (Lipinski definition) is 10. The van der Waals surface area contributed by atoms with Crippen LogP contribution in [-0.4, -0.2) is 81.1 Å². The molecule has 5 aromatic rings. The number of carbonyl (C=O) groups excluding carboxylic acids is 2. The number of nitrogens with zero attached hydrogens (tertiary/aromatic N) is 3. The second-order valence-corrected chi connectivity index (χ2v) is 14.5. The van der Waals surface area contributed by atoms with Crippen molar-refractivity contribution in [3.8, 4) is 17.4 Å². The lowest BCUT2D eigenvalue weighted by molar-refractivity contribution is -0.150. The van der Waals surface area contributed by atoms with E-state index in [1.807, 2.05) is 6.07 Å². The number of aromatic hydroxyl groups is 2. The van der Waals surface area contributed by atoms with Gasteiger partial charge < -0.3 is 34.3 Å². The average molecular weight is 719 g/mol. The zero-order valence-corrected chi connectivity index (χ0v) is 29.2. The Labute approximate surface area is 294 Å². The quantitative estimate of drug-likeness (QED) is 0.0945. The molecule has 51 heavy (non-hydrogen) atoms. The van der Waals surface area contributed by atoms with Crippen LogP contribution >= 0.6 is 7.60 Å². The van der Waals surface area contributed by atoms with E-state index < -0.39 is 19.7 Å². The third kappa shape index (κ3) is 8.17. The summed E-state index contributed by atoms with van der Waals surface area (Å²) in [4.78, 5) is 32.7. The molecule has 12 nitrogen and oxygen atoms in total. The average Bonchev–Trinajstić information content (AvgIpc) is 3.44. The topological polar surface area (TPSA) is 152 Å². The highest BCUT2D eigenvalue weighted by Gasteiger charge is 2.34. The van der Waals surface area contributed by atoms with Gasteiger partial charge in [-0.1, -0.05) is 36.4 Å². The van der Waals surface area contributed by atoms with Crippen LogP contribution in [0.3, 0.4) is 0 Å². The van der Waals surface area contributed by atoms with Crippen molar-refractivity contribution in [3.63, 3.8) is 0 Å². The molecular weight excluding hydrogens is 678 g/mol. The number of likely N-dealkylation sites (tertiary alicyclic amines) is 1. The van der Waals surface area contributed by atoms with E-state index in [0.717, 1.165) is 5.56 Å². The number of phenols is 1. The maximum Gasteiger partial charge on any atom is 0.381 e. The van der Waals surface area contributed by atoms with E-state index in [2.05, 4.69) is 15.2 Å². The van der Waals surface area contributed by atoms with Crippen LogP contribution < -0.4 is 9.84 Å². The highest BCUT2D eigenvalue weighted by atomic mass is 31.2. The van der Waals surface area contributed by atoms with Crippen molar-refractivity contribution in [2.75, 3.05) is 32.4 Å². The fourth-order valence-corrected chi connectivity index (χ4v) is 8.09. The molecule has 3 aromatic carbocycles. The first-order valence-electron chi connectivity index (χ1n) is 16.8. The minimum atomic E-state index is -3.78. The Balaban J connectivity index is 1.15. The molecule has 0 bridgehead atoms. The smallest absolute Gasteiger partial charge is 0.381 e. The Morgan fingerprint density at radius 1 is 1.04 bits per heavy atom. The standard InChI is InChI=1S/C37H40FN4O8P/c1-3-48-37(46)24(2)49-51(47,50-28-8-5-4-6-9-28)21-20-41-18-15-27(16-19-41)40-35(44)31-29-10-7-17-39-33(29)34(43)32-30(31)23-42(36(32)45)22-25-11-13-26(38)14-12-25/h4-14,17,23-24,27,43,45H,3,15-16,18-22H2,1-2H3,(H,40,44)/t24-,51?/m0/s1. The molecule has 0 saturated carbocycles. The summed E-state index contributed by atoms with van der Waals surface area (Å²) in [5.74, 6) is -1.50. The molecule has 1 amide bonds. The maximum absolute atomic E-state index is 14.0. The van der Waals surface area contributed by atoms with Gasteiger partial charge in [-0.05, 0) is 62.6 Å². The van der Waals surface area contributed by atoms with Gasteiger partial charge in [0.1, 0.15) is 17.1 Å². The van der Waals surface area contributed by atoms with Gasteiger partial charge in [0.15, 0.2) is 11.9 Å². The van der Waals surface area contributed by atoms with Crippen LogP contribution in [0.4, 0.5) is 4.39 Å². The molecule has 1 unspecified atom stereocenters. The number of aromatic nitrogens is 2. The number of ether oxygens (including phenoxy) is 1. The molecule has 6 rings (SSSR count). The first-order valence-corrected chi connectivity index (χ1v) is 18.6. The van der Waals surface area contributed by atoms with Gasteiger partial charge in [0.2, 0.25) is 5.88 Å². The SMILES string of the molecule is CCOC(=O)[C@H](C)OP(=O)(CCN1CCC(NC(=O)c2c3cccnc3c(O)c3c(O)n(Cc4ccc(F)cc4)cc23)CC1)Oc1ccccc1. The highest BCUT2D eigenvalue weighted by Crippen LogP contribution is 2.49. The number of amides is 1. The zero-order chi connectivity index (χ0) is 36.1. The van der Waals surface area contributed by atoms with E-state index in [4.69, 9.17) is 13.8 Å². The van der Waals surface area contributed by atoms with E-state index in [1.165, 1.54) is 29.8 Å². The number of fused-ring (bicyclic) bond motifs is 2. The Bertz CT molecular complexity index is 2070. The van der Waals surface area contributed by atoms with E-state index in [1.54, 1.807) is 61.7 Å². The first-order chi connectivity index (χ1) is 24.5. The second-order valence-electron chi connectivity index (χ2n) is 12.4. The van der Waals surface area contributed by atoms with E-state index in [-0.39, 0.29) is 65.2 Å². The summed E-state index contributed by atoms with van der Waals surface area (Å²) >= 11 is 0. The number of benzene rings is 3. The molecule has 268 valence electrons. The minimum Gasteiger partial charge on any atom is -0.505 e. The van der Waals surface area contributed by atoms with Crippen LogP contribution in [0.15, 0.2) is 79.1 Å². The van der Waals surface area contributed by atoms with Crippen molar-refractivity contribution in [2.24, 2.45) is 0 Å². The van der Waals surface area contributed by atoms with E-state index in [0.29, 0.717) is 49.0 Å². The van der Waals surface area contributed by atoms with Gasteiger partial charge in [-0.15, -0.1) is 0 Å². The number of hydrogen-bond donors (Lipinski definition) is 3. The molecule has 0 radical (unpaired) electrons. The van der Waals surface area contributed by atoms with E-state index >= 15 is 0 Å². The fraction of sp³-hybridized carbons (Fsp3) is 0.324. The maximum atomic E-state index is 14.0. The molecule has 0 spiro atoms. The number of para-hydroxylation sites is 1. The third-order valence-electron chi connectivity index (χ3n) is 8.89. The number of rotatable bonds is 13. The van der Waals surface area contributed by atoms with Gasteiger partial charge in [-0.25, -0.2) is 13.8 Å². The molecule has 1 aliphatic rings. The summed E-state index contributed by atoms with van der Waals surface area (Å²) in [5.41, 5.74) is 1.17. The number of piperidine rings is 1. The fourth-order valence-electron chi connectivity index (χ4n) is 6.31. The van der Waals surface area contributed by atoms with Crippen molar-refractivity contribution >= 4 is 41.1 Å². The Kier molecular flexibility index (Phi) is 10.9. The molecular formula is C37H40FN4O8P. The molecule has 2 aromatic heterocycles. The summed E-state index contributed by atoms with van der Waals surface area (Å²) in [7, 11) is -3.78. The summed E-state index contributed by atoms with van der Waals surface area (Å²) in [6.45, 7) is 5.06. The third-order valence-corrected chi connectivity index (χ3v) is 10.8. The van der Waals surface area contributed by atoms with Crippen LogP contribution in [0.5, 0.6) is 17.4 Å². The Morgan fingerprint density at radius 2 is 1.76 bits per heavy atom. The van der Waals surface area contributed by atoms with Crippen molar-refractivity contribution in [3.05, 3.63) is 96.1 Å². The van der Waals surface area contributed by atoms with Crippen molar-refractivity contribution in [1.82, 2.24) is 19.8 Å². The molecule has 1 fully saturated rings. The Hall–Kier alpha value is -4.97. The monoisotopic (exact) mass is 718 g/mol. The Morgan fingerprint density at radius 3 is 2.47 bits per heavy atom. The predicted octanol–water partition coefficient (Wildman–Crippen LogP) is 6.22. The summed E-state index contributed by atoms with van der Waals surface area (Å²) in [6.07, 6.45) is 3.27. The lowest BCUT2D eigenvalue weighted by Crippen LogP contribution is -2.45. The van der Waals surface area contributed by atoms with Crippen molar-refractivity contribution in [1.29, 1.82) is 0 Å². The highest BCUT2D eigenvalue weighted by molar-refractivity contribution is 7.54. The molecule has 1 saturated heterocycles. The predicted molar refractivity (Wildman–Crippen MR) is 190 cm³/mol. The molecule has 0 aliphatic carbocycles. The zero-order valence-electron chi connectivity index (χ0n) is 28.3. The molecule has 3 N–H and O–H groups in total. The van der Waals surface area contributed by atoms with Gasteiger partial charge in [-0.2, -0.15) is 0 Å². The van der Waals surface area contributed by atoms with Crippen LogP contribution in [0.25, 0.3) is 21.7 Å². The summed E-state index contributed by atoms with van der Waals surface area (Å²) in [6, 6.07) is 17.7. The number of pyridine rings is 1. The molecule has 1 aliphatic heterocycles. The normalized spacial score (nSPS) is 15.7. The lowest BCUT2D eigenvalue weighted by Gasteiger charge is -2.33. The van der Waals surface area contributed by atoms with Crippen molar-refractivity contribution in [2.45, 2.75) is 45.4 Å². The largest absolute Gasteiger partial charge is 0.505 e. The van der Waals surface area contributed by atoms with Crippen LogP contribution in [0.1, 0.15) is 42.6 Å². The molecule has 2 atom stereocenters. The van der Waals surface area contributed by atoms with Gasteiger partial charge in [0.05, 0.1) is 30.3 Å². The van der Waals surface area contributed by atoms with Gasteiger partial charge in [-0.3, -0.25) is 14.3 Å². The van der Waals surface area contributed by atoms with Gasteiger partial charge >= 0.3 is 13.6 Å². The van der Waals surface area contributed by atoms with Crippen LogP contribution in [0.2, 0.25) is 0 Å². The van der Waals surface area contributed by atoms with Crippen LogP contribution in [0, 0.1) is 5.82 Å². The van der Waals surface area contributed by atoms with E-state index in [9.17, 15) is 28.8 Å². The molecule has 3 heterocycles. The number of nitrogens with one attached hydrogen (secondary N) is 1.